The van der Waals surface area contributed by atoms with Crippen molar-refractivity contribution in [2.75, 3.05) is 5.32 Å². The Hall–Kier alpha value is -2.70. The molecular weight excluding hydrogens is 268 g/mol. The first kappa shape index (κ1) is 13.3. The van der Waals surface area contributed by atoms with Gasteiger partial charge in [-0.05, 0) is 26.0 Å². The predicted molar refractivity (Wildman–Crippen MR) is 77.5 cm³/mol. The van der Waals surface area contributed by atoms with E-state index in [1.165, 1.54) is 0 Å². The van der Waals surface area contributed by atoms with E-state index in [2.05, 4.69) is 25.5 Å². The molecule has 0 radical (unpaired) electrons. The zero-order chi connectivity index (χ0) is 14.8. The highest BCUT2D eigenvalue weighted by Crippen LogP contribution is 2.18. The maximum atomic E-state index is 5.20. The molecule has 0 spiro atoms. The average Bonchev–Trinajstić information content (AvgIpc) is 3.05. The molecule has 0 aliphatic heterocycles. The van der Waals surface area contributed by atoms with Crippen LogP contribution < -0.4 is 5.32 Å². The van der Waals surface area contributed by atoms with Gasteiger partial charge in [0.05, 0.1) is 5.69 Å². The summed E-state index contributed by atoms with van der Waals surface area (Å²) < 4.78 is 7.06. The summed E-state index contributed by atoms with van der Waals surface area (Å²) in [7, 11) is 1.93. The van der Waals surface area contributed by atoms with E-state index in [4.69, 9.17) is 4.52 Å². The smallest absolute Gasteiger partial charge is 0.322 e. The Balaban J connectivity index is 1.73. The summed E-state index contributed by atoms with van der Waals surface area (Å²) in [6, 6.07) is 4.11. The summed E-state index contributed by atoms with van der Waals surface area (Å²) in [5.41, 5.74) is 4.07. The molecule has 0 unspecified atom stereocenters. The second kappa shape index (κ2) is 5.35. The molecule has 0 saturated carbocycles. The topological polar surface area (TPSA) is 81.7 Å². The van der Waals surface area contributed by atoms with Crippen molar-refractivity contribution in [3.63, 3.8) is 0 Å². The molecule has 0 saturated heterocycles. The minimum atomic E-state index is 0.386. The molecule has 1 N–H and O–H groups in total. The monoisotopic (exact) mass is 284 g/mol. The molecule has 7 heteroatoms. The van der Waals surface area contributed by atoms with Gasteiger partial charge in [-0.2, -0.15) is 10.1 Å². The molecule has 0 aliphatic rings. The van der Waals surface area contributed by atoms with E-state index in [0.29, 0.717) is 18.4 Å². The van der Waals surface area contributed by atoms with Crippen molar-refractivity contribution in [3.8, 4) is 11.4 Å². The molecule has 21 heavy (non-hydrogen) atoms. The minimum Gasteiger partial charge on any atom is -0.334 e. The zero-order valence-corrected chi connectivity index (χ0v) is 12.2. The van der Waals surface area contributed by atoms with Gasteiger partial charge in [0, 0.05) is 42.8 Å². The van der Waals surface area contributed by atoms with E-state index in [1.807, 2.05) is 37.7 Å². The Morgan fingerprint density at radius 3 is 2.86 bits per heavy atom. The van der Waals surface area contributed by atoms with Crippen molar-refractivity contribution in [3.05, 3.63) is 41.5 Å². The highest BCUT2D eigenvalue weighted by atomic mass is 16.5. The van der Waals surface area contributed by atoms with Crippen LogP contribution in [0.25, 0.3) is 11.4 Å². The normalized spacial score (nSPS) is 10.8. The number of aromatic nitrogens is 5. The van der Waals surface area contributed by atoms with Crippen molar-refractivity contribution < 1.29 is 4.52 Å². The minimum absolute atomic E-state index is 0.386. The first-order chi connectivity index (χ1) is 10.1. The lowest BCUT2D eigenvalue weighted by Gasteiger charge is -2.01. The van der Waals surface area contributed by atoms with Gasteiger partial charge < -0.3 is 9.84 Å². The van der Waals surface area contributed by atoms with Crippen molar-refractivity contribution in [2.24, 2.45) is 7.05 Å². The Kier molecular flexibility index (Phi) is 3.39. The number of rotatable bonds is 4. The highest BCUT2D eigenvalue weighted by molar-refractivity contribution is 5.53. The van der Waals surface area contributed by atoms with Gasteiger partial charge in [0.15, 0.2) is 0 Å². The molecule has 0 aliphatic carbocycles. The number of nitrogens with zero attached hydrogens (tertiary/aromatic N) is 5. The third kappa shape index (κ3) is 2.62. The molecule has 0 aromatic carbocycles. The Morgan fingerprint density at radius 2 is 2.19 bits per heavy atom. The largest absolute Gasteiger partial charge is 0.334 e. The van der Waals surface area contributed by atoms with Gasteiger partial charge in [0.1, 0.15) is 0 Å². The Bertz CT molecular complexity index is 746. The summed E-state index contributed by atoms with van der Waals surface area (Å²) in [6.07, 6.45) is 3.40. The molecule has 3 rings (SSSR count). The molecule has 0 atom stereocenters. The van der Waals surface area contributed by atoms with Gasteiger partial charge in [-0.15, -0.1) is 0 Å². The molecule has 7 nitrogen and oxygen atoms in total. The average molecular weight is 284 g/mol. The van der Waals surface area contributed by atoms with Crippen LogP contribution in [-0.2, 0) is 13.6 Å². The van der Waals surface area contributed by atoms with Crippen LogP contribution in [0.3, 0.4) is 0 Å². The van der Waals surface area contributed by atoms with E-state index in [1.54, 1.807) is 12.4 Å². The standard InChI is InChI=1S/C14H16N6O/c1-9-12(10(2)20(3)18-9)8-16-14-17-13(19-21-14)11-5-4-6-15-7-11/h4-7H,8H2,1-3H3,(H,16,17,19). The molecule has 3 aromatic heterocycles. The number of aryl methyl sites for hydroxylation is 2. The lowest BCUT2D eigenvalue weighted by molar-refractivity contribution is 0.432. The summed E-state index contributed by atoms with van der Waals surface area (Å²) in [6.45, 7) is 4.62. The fourth-order valence-electron chi connectivity index (χ4n) is 2.14. The van der Waals surface area contributed by atoms with Crippen LogP contribution in [0.4, 0.5) is 6.01 Å². The summed E-state index contributed by atoms with van der Waals surface area (Å²) in [5, 5.41) is 11.4. The van der Waals surface area contributed by atoms with Crippen molar-refractivity contribution in [1.29, 1.82) is 0 Å². The van der Waals surface area contributed by atoms with E-state index < -0.39 is 0 Å². The van der Waals surface area contributed by atoms with E-state index in [0.717, 1.165) is 22.5 Å². The molecule has 3 heterocycles. The molecule has 0 bridgehead atoms. The lowest BCUT2D eigenvalue weighted by atomic mass is 10.2. The molecule has 3 aromatic rings. The van der Waals surface area contributed by atoms with Crippen LogP contribution in [0.15, 0.2) is 29.0 Å². The zero-order valence-electron chi connectivity index (χ0n) is 12.2. The first-order valence-electron chi connectivity index (χ1n) is 6.62. The van der Waals surface area contributed by atoms with Crippen molar-refractivity contribution >= 4 is 6.01 Å². The van der Waals surface area contributed by atoms with Gasteiger partial charge >= 0.3 is 6.01 Å². The fraction of sp³-hybridized carbons (Fsp3) is 0.286. The van der Waals surface area contributed by atoms with Gasteiger partial charge in [-0.25, -0.2) is 0 Å². The van der Waals surface area contributed by atoms with E-state index >= 15 is 0 Å². The molecular formula is C14H16N6O. The van der Waals surface area contributed by atoms with Gasteiger partial charge in [-0.3, -0.25) is 9.67 Å². The predicted octanol–water partition coefficient (Wildman–Crippen LogP) is 2.09. The van der Waals surface area contributed by atoms with Crippen LogP contribution in [0.2, 0.25) is 0 Å². The van der Waals surface area contributed by atoms with E-state index in [-0.39, 0.29) is 0 Å². The van der Waals surface area contributed by atoms with E-state index in [9.17, 15) is 0 Å². The van der Waals surface area contributed by atoms with Gasteiger partial charge in [0.2, 0.25) is 5.82 Å². The second-order valence-electron chi connectivity index (χ2n) is 4.79. The van der Waals surface area contributed by atoms with Crippen LogP contribution >= 0.6 is 0 Å². The SMILES string of the molecule is Cc1nn(C)c(C)c1CNc1nc(-c2cccnc2)no1. The van der Waals surface area contributed by atoms with Gasteiger partial charge in [0.25, 0.3) is 0 Å². The second-order valence-corrected chi connectivity index (χ2v) is 4.79. The van der Waals surface area contributed by atoms with Crippen molar-refractivity contribution in [1.82, 2.24) is 24.9 Å². The Morgan fingerprint density at radius 1 is 1.33 bits per heavy atom. The maximum Gasteiger partial charge on any atom is 0.322 e. The molecule has 108 valence electrons. The fourth-order valence-corrected chi connectivity index (χ4v) is 2.14. The summed E-state index contributed by atoms with van der Waals surface area (Å²) in [4.78, 5) is 8.34. The highest BCUT2D eigenvalue weighted by Gasteiger charge is 2.12. The number of hydrogen-bond acceptors (Lipinski definition) is 6. The third-order valence-corrected chi connectivity index (χ3v) is 3.42. The summed E-state index contributed by atoms with van der Waals surface area (Å²) in [5.74, 6) is 0.519. The van der Waals surface area contributed by atoms with Gasteiger partial charge in [-0.1, -0.05) is 5.16 Å². The number of pyridine rings is 1. The van der Waals surface area contributed by atoms with Crippen LogP contribution in [-0.4, -0.2) is 24.9 Å². The maximum absolute atomic E-state index is 5.20. The lowest BCUT2D eigenvalue weighted by Crippen LogP contribution is -2.02. The quantitative estimate of drug-likeness (QED) is 0.790. The van der Waals surface area contributed by atoms with Crippen LogP contribution in [0, 0.1) is 13.8 Å². The van der Waals surface area contributed by atoms with Crippen LogP contribution in [0.1, 0.15) is 17.0 Å². The summed E-state index contributed by atoms with van der Waals surface area (Å²) >= 11 is 0. The Labute approximate surface area is 122 Å². The third-order valence-electron chi connectivity index (χ3n) is 3.42. The van der Waals surface area contributed by atoms with Crippen molar-refractivity contribution in [2.45, 2.75) is 20.4 Å². The molecule has 0 amide bonds. The van der Waals surface area contributed by atoms with Crippen LogP contribution in [0.5, 0.6) is 0 Å². The first-order valence-corrected chi connectivity index (χ1v) is 6.62. The molecule has 0 fully saturated rings. The number of hydrogen-bond donors (Lipinski definition) is 1. The number of nitrogens with one attached hydrogen (secondary N) is 1. The number of anilines is 1.